The first kappa shape index (κ1) is 16.6. The van der Waals surface area contributed by atoms with Crippen molar-refractivity contribution in [3.8, 4) is 5.75 Å². The van der Waals surface area contributed by atoms with Crippen LogP contribution in [0.3, 0.4) is 0 Å². The van der Waals surface area contributed by atoms with Crippen LogP contribution in [0, 0.1) is 5.82 Å². The summed E-state index contributed by atoms with van der Waals surface area (Å²) in [6.45, 7) is 0.740. The van der Waals surface area contributed by atoms with E-state index in [-0.39, 0.29) is 5.82 Å². The summed E-state index contributed by atoms with van der Waals surface area (Å²) in [4.78, 5) is 9.27. The van der Waals surface area contributed by atoms with Crippen molar-refractivity contribution in [2.75, 3.05) is 0 Å². The summed E-state index contributed by atoms with van der Waals surface area (Å²) < 4.78 is 18.6. The highest BCUT2D eigenvalue weighted by Crippen LogP contribution is 2.14. The minimum Gasteiger partial charge on any atom is -0.489 e. The highest BCUT2D eigenvalue weighted by molar-refractivity contribution is 5.79. The van der Waals surface area contributed by atoms with Gasteiger partial charge in [-0.2, -0.15) is 0 Å². The molecule has 0 saturated heterocycles. The SMILES string of the molecule is Fc1ccc(COc2cccc(/C=N/OCc3cccnc3)c2)cc1. The van der Waals surface area contributed by atoms with Crippen LogP contribution in [0.2, 0.25) is 0 Å². The summed E-state index contributed by atoms with van der Waals surface area (Å²) in [7, 11) is 0. The van der Waals surface area contributed by atoms with Gasteiger partial charge in [0.25, 0.3) is 0 Å². The number of rotatable bonds is 7. The lowest BCUT2D eigenvalue weighted by Gasteiger charge is -2.07. The van der Waals surface area contributed by atoms with Gasteiger partial charge in [0, 0.05) is 18.0 Å². The van der Waals surface area contributed by atoms with Crippen LogP contribution in [-0.2, 0) is 18.1 Å². The summed E-state index contributed by atoms with van der Waals surface area (Å²) in [6, 6.07) is 17.5. The van der Waals surface area contributed by atoms with E-state index in [0.29, 0.717) is 19.0 Å². The van der Waals surface area contributed by atoms with Crippen molar-refractivity contribution in [3.05, 3.63) is 95.6 Å². The van der Waals surface area contributed by atoms with Crippen LogP contribution in [0.5, 0.6) is 5.75 Å². The zero-order valence-electron chi connectivity index (χ0n) is 13.5. The van der Waals surface area contributed by atoms with Crippen molar-refractivity contribution in [1.82, 2.24) is 4.98 Å². The van der Waals surface area contributed by atoms with Crippen molar-refractivity contribution >= 4 is 6.21 Å². The summed E-state index contributed by atoms with van der Waals surface area (Å²) in [6.07, 6.45) is 5.07. The molecule has 0 spiro atoms. The topological polar surface area (TPSA) is 43.7 Å². The molecule has 1 heterocycles. The second-order valence-electron chi connectivity index (χ2n) is 5.36. The molecule has 126 valence electrons. The average Bonchev–Trinajstić information content (AvgIpc) is 2.66. The molecule has 5 heteroatoms. The normalized spacial score (nSPS) is 10.8. The van der Waals surface area contributed by atoms with Crippen LogP contribution in [0.25, 0.3) is 0 Å². The third kappa shape index (κ3) is 5.42. The standard InChI is InChI=1S/C20H17FN2O2/c21-19-8-6-16(7-9-19)14-24-20-5-1-3-17(11-20)13-23-25-15-18-4-2-10-22-12-18/h1-13H,14-15H2/b23-13+. The fourth-order valence-corrected chi connectivity index (χ4v) is 2.13. The van der Waals surface area contributed by atoms with Gasteiger partial charge < -0.3 is 9.57 Å². The number of aromatic nitrogens is 1. The van der Waals surface area contributed by atoms with E-state index in [4.69, 9.17) is 9.57 Å². The van der Waals surface area contributed by atoms with E-state index in [2.05, 4.69) is 10.1 Å². The molecule has 0 amide bonds. The Labute approximate surface area is 145 Å². The lowest BCUT2D eigenvalue weighted by molar-refractivity contribution is 0.132. The van der Waals surface area contributed by atoms with Gasteiger partial charge in [0.2, 0.25) is 0 Å². The van der Waals surface area contributed by atoms with Crippen LogP contribution < -0.4 is 4.74 Å². The molecule has 0 aliphatic carbocycles. The maximum Gasteiger partial charge on any atom is 0.143 e. The zero-order valence-corrected chi connectivity index (χ0v) is 13.5. The number of nitrogens with zero attached hydrogens (tertiary/aromatic N) is 2. The number of pyridine rings is 1. The Balaban J connectivity index is 1.52. The second-order valence-corrected chi connectivity index (χ2v) is 5.36. The van der Waals surface area contributed by atoms with Crippen LogP contribution >= 0.6 is 0 Å². The molecule has 0 aliphatic rings. The molecular formula is C20H17FN2O2. The van der Waals surface area contributed by atoms with Crippen LogP contribution in [-0.4, -0.2) is 11.2 Å². The zero-order chi connectivity index (χ0) is 17.3. The molecule has 4 nitrogen and oxygen atoms in total. The van der Waals surface area contributed by atoms with Crippen molar-refractivity contribution in [3.63, 3.8) is 0 Å². The molecule has 3 aromatic rings. The second kappa shape index (κ2) is 8.59. The molecule has 0 fully saturated rings. The first-order valence-corrected chi connectivity index (χ1v) is 7.81. The summed E-state index contributed by atoms with van der Waals surface area (Å²) in [5.41, 5.74) is 2.72. The molecule has 0 radical (unpaired) electrons. The lowest BCUT2D eigenvalue weighted by Crippen LogP contribution is -1.96. The Morgan fingerprint density at radius 1 is 0.960 bits per heavy atom. The van der Waals surface area contributed by atoms with Gasteiger partial charge in [-0.05, 0) is 41.5 Å². The van der Waals surface area contributed by atoms with Crippen LogP contribution in [0.1, 0.15) is 16.7 Å². The Bertz CT molecular complexity index is 821. The predicted octanol–water partition coefficient (Wildman–Crippen LogP) is 4.35. The molecule has 0 aliphatic heterocycles. The van der Waals surface area contributed by atoms with Gasteiger partial charge in [0.05, 0.1) is 6.21 Å². The van der Waals surface area contributed by atoms with E-state index in [0.717, 1.165) is 16.7 Å². The summed E-state index contributed by atoms with van der Waals surface area (Å²) >= 11 is 0. The van der Waals surface area contributed by atoms with Gasteiger partial charge in [0.15, 0.2) is 0 Å². The van der Waals surface area contributed by atoms with E-state index >= 15 is 0 Å². The molecule has 2 aromatic carbocycles. The van der Waals surface area contributed by atoms with Gasteiger partial charge in [-0.3, -0.25) is 4.98 Å². The minimum atomic E-state index is -0.256. The van der Waals surface area contributed by atoms with E-state index < -0.39 is 0 Å². The highest BCUT2D eigenvalue weighted by Gasteiger charge is 1.98. The van der Waals surface area contributed by atoms with E-state index in [1.54, 1.807) is 30.7 Å². The Morgan fingerprint density at radius 3 is 2.64 bits per heavy atom. The molecule has 3 rings (SSSR count). The van der Waals surface area contributed by atoms with Gasteiger partial charge in [-0.1, -0.05) is 35.5 Å². The average molecular weight is 336 g/mol. The quantitative estimate of drug-likeness (QED) is 0.476. The maximum absolute atomic E-state index is 12.9. The van der Waals surface area contributed by atoms with Crippen molar-refractivity contribution in [1.29, 1.82) is 0 Å². The molecule has 25 heavy (non-hydrogen) atoms. The van der Waals surface area contributed by atoms with Gasteiger partial charge in [-0.15, -0.1) is 0 Å². The van der Waals surface area contributed by atoms with Crippen LogP contribution in [0.4, 0.5) is 4.39 Å². The monoisotopic (exact) mass is 336 g/mol. The molecule has 0 bridgehead atoms. The van der Waals surface area contributed by atoms with Crippen molar-refractivity contribution in [2.45, 2.75) is 13.2 Å². The largest absolute Gasteiger partial charge is 0.489 e. The number of hydrogen-bond donors (Lipinski definition) is 0. The number of ether oxygens (including phenoxy) is 1. The third-order valence-corrected chi connectivity index (χ3v) is 3.41. The van der Waals surface area contributed by atoms with Gasteiger partial charge in [-0.25, -0.2) is 4.39 Å². The first-order chi connectivity index (χ1) is 12.3. The minimum absolute atomic E-state index is 0.256. The molecule has 0 N–H and O–H groups in total. The fraction of sp³-hybridized carbons (Fsp3) is 0.100. The highest BCUT2D eigenvalue weighted by atomic mass is 19.1. The fourth-order valence-electron chi connectivity index (χ4n) is 2.13. The Kier molecular flexibility index (Phi) is 5.72. The van der Waals surface area contributed by atoms with E-state index in [1.807, 2.05) is 36.4 Å². The van der Waals surface area contributed by atoms with Gasteiger partial charge >= 0.3 is 0 Å². The summed E-state index contributed by atoms with van der Waals surface area (Å²) in [5, 5.41) is 3.96. The Morgan fingerprint density at radius 2 is 1.84 bits per heavy atom. The summed E-state index contributed by atoms with van der Waals surface area (Å²) in [5.74, 6) is 0.453. The number of oxime groups is 1. The molecule has 0 saturated carbocycles. The maximum atomic E-state index is 12.9. The number of hydrogen-bond acceptors (Lipinski definition) is 4. The Hall–Kier alpha value is -3.21. The predicted molar refractivity (Wildman–Crippen MR) is 93.8 cm³/mol. The lowest BCUT2D eigenvalue weighted by atomic mass is 10.2. The molecule has 1 aromatic heterocycles. The third-order valence-electron chi connectivity index (χ3n) is 3.41. The first-order valence-electron chi connectivity index (χ1n) is 7.81. The van der Waals surface area contributed by atoms with E-state index in [9.17, 15) is 4.39 Å². The van der Waals surface area contributed by atoms with Crippen molar-refractivity contribution < 1.29 is 14.0 Å². The number of halogens is 1. The molecule has 0 unspecified atom stereocenters. The van der Waals surface area contributed by atoms with Gasteiger partial charge in [0.1, 0.15) is 24.8 Å². The molecule has 0 atom stereocenters. The van der Waals surface area contributed by atoms with E-state index in [1.165, 1.54) is 12.1 Å². The van der Waals surface area contributed by atoms with Crippen molar-refractivity contribution in [2.24, 2.45) is 5.16 Å². The molecular weight excluding hydrogens is 319 g/mol. The smallest absolute Gasteiger partial charge is 0.143 e. The van der Waals surface area contributed by atoms with Crippen LogP contribution in [0.15, 0.2) is 78.2 Å². The number of benzene rings is 2.